The number of amides is 7. The normalized spacial score (nSPS) is 27.3. The molecule has 306 valence electrons. The molecule has 1 aliphatic carbocycles. The molecule has 18 nitrogen and oxygen atoms in total. The maximum Gasteiger partial charge on any atom is 0.243 e. The van der Waals surface area contributed by atoms with E-state index >= 15 is 0 Å². The first-order valence-electron chi connectivity index (χ1n) is 19.4. The highest BCUT2D eigenvalue weighted by Gasteiger charge is 2.44. The van der Waals surface area contributed by atoms with Crippen molar-refractivity contribution in [2.24, 2.45) is 23.3 Å². The molecule has 0 unspecified atom stereocenters. The maximum atomic E-state index is 14.4. The topological polar surface area (TPSA) is 271 Å². The van der Waals surface area contributed by atoms with Gasteiger partial charge in [-0.05, 0) is 49.3 Å². The lowest BCUT2D eigenvalue weighted by atomic mass is 9.95. The average molecular weight is 789 g/mol. The summed E-state index contributed by atoms with van der Waals surface area (Å²) in [5, 5.41) is 19.1. The van der Waals surface area contributed by atoms with Crippen LogP contribution in [0, 0.1) is 18.8 Å². The summed E-state index contributed by atoms with van der Waals surface area (Å²) in [6.07, 6.45) is 4.30. The molecule has 0 bridgehead atoms. The first-order chi connectivity index (χ1) is 27.1. The number of ketones is 1. The van der Waals surface area contributed by atoms with Gasteiger partial charge in [0, 0.05) is 56.8 Å². The van der Waals surface area contributed by atoms with Crippen molar-refractivity contribution in [2.45, 2.75) is 109 Å². The highest BCUT2D eigenvalue weighted by molar-refractivity contribution is 5.98. The summed E-state index contributed by atoms with van der Waals surface area (Å²) in [5.41, 5.74) is 14.6. The number of fused-ring (bicyclic) bond motifs is 2. The number of nitrogens with zero attached hydrogens (tertiary/aromatic N) is 4. The number of aryl methyl sites for hydroxylation is 1. The maximum absolute atomic E-state index is 14.4. The van der Waals surface area contributed by atoms with Gasteiger partial charge in [-0.15, -0.1) is 5.10 Å². The Morgan fingerprint density at radius 1 is 0.895 bits per heavy atom. The third-order valence-electron chi connectivity index (χ3n) is 10.7. The van der Waals surface area contributed by atoms with Gasteiger partial charge in [0.2, 0.25) is 41.4 Å². The minimum atomic E-state index is -1.35. The van der Waals surface area contributed by atoms with Crippen LogP contribution >= 0.6 is 0 Å². The van der Waals surface area contributed by atoms with Gasteiger partial charge in [-0.1, -0.05) is 49.4 Å². The zero-order valence-electron chi connectivity index (χ0n) is 32.5. The average Bonchev–Trinajstić information content (AvgIpc) is 3.91. The number of hydrogen-bond acceptors (Lipinski definition) is 10. The fourth-order valence-corrected chi connectivity index (χ4v) is 7.56. The van der Waals surface area contributed by atoms with Gasteiger partial charge in [0.1, 0.15) is 18.1 Å². The quantitative estimate of drug-likeness (QED) is 0.218. The largest absolute Gasteiger partial charge is 0.370 e. The van der Waals surface area contributed by atoms with Gasteiger partial charge in [0.15, 0.2) is 5.78 Å². The molecular weight excluding hydrogens is 736 g/mol. The van der Waals surface area contributed by atoms with Gasteiger partial charge in [-0.25, -0.2) is 4.68 Å². The molecule has 1 aromatic heterocycles. The Kier molecular flexibility index (Phi) is 13.9. The monoisotopic (exact) mass is 788 g/mol. The van der Waals surface area contributed by atoms with Gasteiger partial charge in [0.25, 0.3) is 0 Å². The van der Waals surface area contributed by atoms with Crippen molar-refractivity contribution in [3.05, 3.63) is 53.4 Å². The molecule has 2 aliphatic heterocycles. The summed E-state index contributed by atoms with van der Waals surface area (Å²) in [5.74, 6) is -7.09. The molecule has 0 spiro atoms. The number of allylic oxidation sites excluding steroid dienone is 1. The Morgan fingerprint density at radius 2 is 1.63 bits per heavy atom. The second-order valence-corrected chi connectivity index (χ2v) is 15.3. The summed E-state index contributed by atoms with van der Waals surface area (Å²) < 4.78 is 1.56. The molecule has 3 aliphatic rings. The predicted molar refractivity (Wildman–Crippen MR) is 205 cm³/mol. The molecule has 0 radical (unpaired) electrons. The van der Waals surface area contributed by atoms with Crippen LogP contribution in [0.4, 0.5) is 0 Å². The van der Waals surface area contributed by atoms with E-state index in [1.54, 1.807) is 17.8 Å². The van der Waals surface area contributed by atoms with Crippen LogP contribution in [-0.2, 0) is 44.8 Å². The second kappa shape index (κ2) is 18.8. The third-order valence-corrected chi connectivity index (χ3v) is 10.7. The molecule has 57 heavy (non-hydrogen) atoms. The highest BCUT2D eigenvalue weighted by Crippen LogP contribution is 2.32. The molecule has 1 aromatic carbocycles. The Bertz CT molecular complexity index is 1930. The molecule has 2 saturated heterocycles. The van der Waals surface area contributed by atoms with Gasteiger partial charge < -0.3 is 37.6 Å². The van der Waals surface area contributed by atoms with Gasteiger partial charge in [-0.2, -0.15) is 0 Å². The third kappa shape index (κ3) is 10.9. The van der Waals surface area contributed by atoms with Crippen LogP contribution in [0.5, 0.6) is 0 Å². The van der Waals surface area contributed by atoms with E-state index in [-0.39, 0.29) is 38.8 Å². The summed E-state index contributed by atoms with van der Waals surface area (Å²) in [6.45, 7) is 4.98. The lowest BCUT2D eigenvalue weighted by molar-refractivity contribution is -0.143. The smallest absolute Gasteiger partial charge is 0.243 e. The van der Waals surface area contributed by atoms with Crippen molar-refractivity contribution in [1.82, 2.24) is 41.2 Å². The lowest BCUT2D eigenvalue weighted by Crippen LogP contribution is -2.56. The van der Waals surface area contributed by atoms with Crippen molar-refractivity contribution in [3.63, 3.8) is 0 Å². The van der Waals surface area contributed by atoms with Gasteiger partial charge in [-0.3, -0.25) is 38.4 Å². The van der Waals surface area contributed by atoms with Crippen LogP contribution in [0.3, 0.4) is 0 Å². The molecule has 3 heterocycles. The standard InChI is InChI=1S/C39H52N10O8/c1-21-15-34(52)42-13-7-6-10-28(35(41)53)43-37(55)30(16-25-12-11-24-8-4-5-9-27(24)25)45-38(56)31-17-26(49-19-23(3)46-47-49)20-48(31)39(57)22(2)14-32(50)29(18-33(40)51)44-36(21)54/h4-5,8-9,12,19,21-22,26,28-31H,6-7,10-11,13-18,20H2,1-3H3,(H2,40,51)(H2,41,53)(H,42,52)(H,43,55)(H,44,54)(H,45,56)/t21-,22+,26-,28-,29-,30-,31-/m0/s1. The number of carbonyl (C=O) groups is 8. The lowest BCUT2D eigenvalue weighted by Gasteiger charge is -2.29. The number of hydrogen-bond donors (Lipinski definition) is 6. The zero-order valence-corrected chi connectivity index (χ0v) is 32.5. The van der Waals surface area contributed by atoms with E-state index in [9.17, 15) is 38.4 Å². The van der Waals surface area contributed by atoms with Crippen molar-refractivity contribution in [3.8, 4) is 0 Å². The predicted octanol–water partition coefficient (Wildman–Crippen LogP) is -0.505. The fourth-order valence-electron chi connectivity index (χ4n) is 7.56. The first-order valence-corrected chi connectivity index (χ1v) is 19.4. The number of carbonyl (C=O) groups excluding carboxylic acids is 8. The van der Waals surface area contributed by atoms with E-state index in [1.807, 2.05) is 30.3 Å². The number of rotatable bonds is 6. The van der Waals surface area contributed by atoms with Crippen LogP contribution < -0.4 is 32.7 Å². The summed E-state index contributed by atoms with van der Waals surface area (Å²) in [4.78, 5) is 108. The van der Waals surface area contributed by atoms with Crippen LogP contribution in [0.2, 0.25) is 0 Å². The van der Waals surface area contributed by atoms with E-state index in [0.717, 1.165) is 16.7 Å². The first kappa shape index (κ1) is 42.2. The minimum Gasteiger partial charge on any atom is -0.370 e. The molecule has 8 N–H and O–H groups in total. The number of aromatic nitrogens is 3. The molecule has 7 atom stereocenters. The number of primary amides is 2. The molecule has 18 heteroatoms. The van der Waals surface area contributed by atoms with E-state index in [0.29, 0.717) is 25.0 Å². The second-order valence-electron chi connectivity index (χ2n) is 15.3. The van der Waals surface area contributed by atoms with E-state index in [1.165, 1.54) is 18.7 Å². The molecule has 0 saturated carbocycles. The van der Waals surface area contributed by atoms with Crippen LogP contribution in [0.1, 0.15) is 88.1 Å². The van der Waals surface area contributed by atoms with Crippen molar-refractivity contribution >= 4 is 52.7 Å². The summed E-state index contributed by atoms with van der Waals surface area (Å²) in [6, 6.07) is 2.50. The van der Waals surface area contributed by atoms with Crippen molar-refractivity contribution in [1.29, 1.82) is 0 Å². The van der Waals surface area contributed by atoms with E-state index < -0.39 is 102 Å². The summed E-state index contributed by atoms with van der Waals surface area (Å²) >= 11 is 0. The fraction of sp³-hybridized carbons (Fsp3) is 0.538. The number of Topliss-reactive ketones (excluding diaryl/α,β-unsaturated/α-hetero) is 1. The zero-order chi connectivity index (χ0) is 41.4. The molecule has 2 fully saturated rings. The number of benzene rings is 1. The molecule has 5 rings (SSSR count). The van der Waals surface area contributed by atoms with Crippen LogP contribution in [-0.4, -0.2) is 104 Å². The van der Waals surface area contributed by atoms with Gasteiger partial charge >= 0.3 is 0 Å². The van der Waals surface area contributed by atoms with Crippen molar-refractivity contribution in [2.75, 3.05) is 13.1 Å². The summed E-state index contributed by atoms with van der Waals surface area (Å²) in [7, 11) is 0. The van der Waals surface area contributed by atoms with Gasteiger partial charge in [0.05, 0.1) is 24.2 Å². The Morgan fingerprint density at radius 3 is 2.33 bits per heavy atom. The van der Waals surface area contributed by atoms with Crippen LogP contribution in [0.25, 0.3) is 5.57 Å². The Labute approximate surface area is 330 Å². The Hall–Kier alpha value is -5.94. The number of nitrogens with two attached hydrogens (primary N) is 2. The SMILES string of the molecule is Cc1cn([C@H]2C[C@H]3C(=O)N[C@@H](CC4=CCc5ccccc54)C(=O)N[C@H](C(N)=O)CCCCNC(=O)C[C@H](C)C(=O)N[C@@H](CC(N)=O)C(=O)C[C@@H](C)C(=O)N3C2)nn1. The molecular formula is C39H52N10O8. The Balaban J connectivity index is 1.47. The van der Waals surface area contributed by atoms with Crippen molar-refractivity contribution < 1.29 is 38.4 Å². The van der Waals surface area contributed by atoms with Crippen LogP contribution in [0.15, 0.2) is 36.5 Å². The molecule has 7 amide bonds. The molecule has 2 aromatic rings. The van der Waals surface area contributed by atoms with E-state index in [4.69, 9.17) is 11.5 Å². The highest BCUT2D eigenvalue weighted by atomic mass is 16.2. The minimum absolute atomic E-state index is 0.0262. The number of nitrogens with one attached hydrogen (secondary N) is 4. The van der Waals surface area contributed by atoms with E-state index in [2.05, 4.69) is 31.6 Å².